The topological polar surface area (TPSA) is 109 Å². The van der Waals surface area contributed by atoms with Crippen molar-refractivity contribution in [3.05, 3.63) is 74.6 Å². The van der Waals surface area contributed by atoms with E-state index in [2.05, 4.69) is 12.2 Å². The van der Waals surface area contributed by atoms with Crippen molar-refractivity contribution in [2.45, 2.75) is 45.6 Å². The van der Waals surface area contributed by atoms with Gasteiger partial charge in [0.25, 0.3) is 5.91 Å². The lowest BCUT2D eigenvalue weighted by molar-refractivity contribution is -0.308. The van der Waals surface area contributed by atoms with Crippen LogP contribution in [0.1, 0.15) is 36.5 Å². The number of aryl methyl sites for hydroxylation is 2. The van der Waals surface area contributed by atoms with Crippen LogP contribution in [-0.2, 0) is 22.4 Å². The molecule has 0 aliphatic heterocycles. The molecule has 2 aromatic carbocycles. The van der Waals surface area contributed by atoms with Crippen molar-refractivity contribution in [1.82, 2.24) is 5.32 Å². The van der Waals surface area contributed by atoms with Gasteiger partial charge in [-0.15, -0.1) is 0 Å². The second-order valence-electron chi connectivity index (χ2n) is 7.89. The Hall–Kier alpha value is -3.32. The molecule has 0 aliphatic rings. The number of unbranched alkanes of at least 4 members (excludes halogenated alkanes) is 1. The molecule has 1 atom stereocenters. The van der Waals surface area contributed by atoms with Gasteiger partial charge in [0, 0.05) is 11.1 Å². The van der Waals surface area contributed by atoms with E-state index in [0.717, 1.165) is 24.0 Å². The highest BCUT2D eigenvalue weighted by Crippen LogP contribution is 2.30. The SMILES string of the molecule is CCCCc1cc(=O)oc2cc(C)cc(OCC(=O)N[C@H](Cc3ccc(Cl)cc3)C(=O)[O-])c12. The van der Waals surface area contributed by atoms with Crippen LogP contribution in [0, 0.1) is 6.92 Å². The Balaban J connectivity index is 1.76. The highest BCUT2D eigenvalue weighted by Gasteiger charge is 2.17. The number of ether oxygens (including phenoxy) is 1. The Bertz CT molecular complexity index is 1200. The monoisotopic (exact) mass is 470 g/mol. The maximum absolute atomic E-state index is 12.5. The minimum atomic E-state index is -1.40. The van der Waals surface area contributed by atoms with Crippen LogP contribution in [-0.4, -0.2) is 24.5 Å². The summed E-state index contributed by atoms with van der Waals surface area (Å²) < 4.78 is 11.1. The minimum Gasteiger partial charge on any atom is -0.548 e. The van der Waals surface area contributed by atoms with Crippen molar-refractivity contribution in [3.63, 3.8) is 0 Å². The summed E-state index contributed by atoms with van der Waals surface area (Å²) in [6.07, 6.45) is 2.54. The molecule has 0 saturated heterocycles. The molecule has 8 heteroatoms. The second kappa shape index (κ2) is 11.0. The summed E-state index contributed by atoms with van der Waals surface area (Å²) in [4.78, 5) is 36.0. The van der Waals surface area contributed by atoms with Gasteiger partial charge in [-0.05, 0) is 67.1 Å². The molecule has 1 heterocycles. The fourth-order valence-electron chi connectivity index (χ4n) is 3.58. The molecule has 33 heavy (non-hydrogen) atoms. The van der Waals surface area contributed by atoms with E-state index >= 15 is 0 Å². The minimum absolute atomic E-state index is 0.0466. The Labute approximate surface area is 196 Å². The fraction of sp³-hybridized carbons (Fsp3) is 0.320. The van der Waals surface area contributed by atoms with Crippen molar-refractivity contribution in [2.75, 3.05) is 6.61 Å². The van der Waals surface area contributed by atoms with E-state index in [0.29, 0.717) is 33.7 Å². The first kappa shape index (κ1) is 24.3. The number of carboxylic acids is 1. The number of benzene rings is 2. The van der Waals surface area contributed by atoms with E-state index in [4.69, 9.17) is 20.8 Å². The highest BCUT2D eigenvalue weighted by molar-refractivity contribution is 6.30. The summed E-state index contributed by atoms with van der Waals surface area (Å²) in [6.45, 7) is 3.47. The van der Waals surface area contributed by atoms with Gasteiger partial charge in [0.05, 0.1) is 17.4 Å². The molecular formula is C25H25ClNO6-. The number of nitrogens with one attached hydrogen (secondary N) is 1. The third kappa shape index (κ3) is 6.58. The van der Waals surface area contributed by atoms with Gasteiger partial charge in [-0.25, -0.2) is 4.79 Å². The molecule has 0 spiro atoms. The predicted molar refractivity (Wildman–Crippen MR) is 123 cm³/mol. The molecule has 0 bridgehead atoms. The molecule has 0 radical (unpaired) electrons. The number of aliphatic carboxylic acids is 1. The van der Waals surface area contributed by atoms with Gasteiger partial charge in [-0.3, -0.25) is 4.79 Å². The van der Waals surface area contributed by atoms with E-state index in [1.165, 1.54) is 6.07 Å². The quantitative estimate of drug-likeness (QED) is 0.456. The van der Waals surface area contributed by atoms with Gasteiger partial charge in [0.2, 0.25) is 0 Å². The number of fused-ring (bicyclic) bond motifs is 1. The van der Waals surface area contributed by atoms with E-state index in [9.17, 15) is 19.5 Å². The lowest BCUT2D eigenvalue weighted by Crippen LogP contribution is -2.50. The lowest BCUT2D eigenvalue weighted by Gasteiger charge is -2.20. The summed E-state index contributed by atoms with van der Waals surface area (Å²) in [5, 5.41) is 15.1. The van der Waals surface area contributed by atoms with Gasteiger partial charge in [0.1, 0.15) is 11.3 Å². The van der Waals surface area contributed by atoms with E-state index in [1.54, 1.807) is 36.4 Å². The zero-order valence-corrected chi connectivity index (χ0v) is 19.2. The molecule has 1 aromatic heterocycles. The van der Waals surface area contributed by atoms with Crippen LogP contribution in [0.5, 0.6) is 5.75 Å². The maximum atomic E-state index is 12.5. The smallest absolute Gasteiger partial charge is 0.336 e. The number of carbonyl (C=O) groups is 2. The average molecular weight is 471 g/mol. The normalized spacial score (nSPS) is 11.8. The van der Waals surface area contributed by atoms with Crippen molar-refractivity contribution in [1.29, 1.82) is 0 Å². The van der Waals surface area contributed by atoms with E-state index in [-0.39, 0.29) is 6.42 Å². The summed E-state index contributed by atoms with van der Waals surface area (Å²) in [6, 6.07) is 10.4. The molecule has 1 amide bonds. The van der Waals surface area contributed by atoms with Crippen LogP contribution in [0.2, 0.25) is 5.02 Å². The van der Waals surface area contributed by atoms with Crippen LogP contribution < -0.4 is 20.8 Å². The molecule has 1 N–H and O–H groups in total. The summed E-state index contributed by atoms with van der Waals surface area (Å²) in [7, 11) is 0. The molecular weight excluding hydrogens is 446 g/mol. The van der Waals surface area contributed by atoms with Gasteiger partial charge in [-0.2, -0.15) is 0 Å². The molecule has 0 unspecified atom stereocenters. The molecule has 3 aromatic rings. The van der Waals surface area contributed by atoms with Crippen molar-refractivity contribution in [2.24, 2.45) is 0 Å². The molecule has 174 valence electrons. The number of rotatable bonds is 10. The van der Waals surface area contributed by atoms with Gasteiger partial charge in [0.15, 0.2) is 6.61 Å². The Morgan fingerprint density at radius 3 is 2.58 bits per heavy atom. The average Bonchev–Trinajstić information content (AvgIpc) is 2.76. The molecule has 0 aliphatic carbocycles. The number of carboxylic acid groups (broad SMARTS) is 1. The van der Waals surface area contributed by atoms with Crippen LogP contribution >= 0.6 is 11.6 Å². The molecule has 0 fully saturated rings. The van der Waals surface area contributed by atoms with Gasteiger partial charge in [-0.1, -0.05) is 37.1 Å². The molecule has 3 rings (SSSR count). The number of hydrogen-bond donors (Lipinski definition) is 1. The van der Waals surface area contributed by atoms with Crippen molar-refractivity contribution in [3.8, 4) is 5.75 Å². The van der Waals surface area contributed by atoms with Gasteiger partial charge < -0.3 is 24.4 Å². The summed E-state index contributed by atoms with van der Waals surface area (Å²) >= 11 is 5.86. The van der Waals surface area contributed by atoms with E-state index in [1.807, 2.05) is 6.92 Å². The lowest BCUT2D eigenvalue weighted by atomic mass is 10.0. The maximum Gasteiger partial charge on any atom is 0.336 e. The number of carbonyl (C=O) groups excluding carboxylic acids is 2. The van der Waals surface area contributed by atoms with E-state index < -0.39 is 30.2 Å². The Morgan fingerprint density at radius 2 is 1.91 bits per heavy atom. The summed E-state index contributed by atoms with van der Waals surface area (Å²) in [5.74, 6) is -1.61. The van der Waals surface area contributed by atoms with Crippen LogP contribution in [0.3, 0.4) is 0 Å². The fourth-order valence-corrected chi connectivity index (χ4v) is 3.70. The zero-order chi connectivity index (χ0) is 24.0. The Kier molecular flexibility index (Phi) is 8.11. The van der Waals surface area contributed by atoms with Crippen molar-refractivity contribution >= 4 is 34.4 Å². The third-order valence-corrected chi connectivity index (χ3v) is 5.42. The standard InChI is InChI=1S/C25H26ClNO6/c1-3-4-5-17-13-23(29)33-21-11-15(2)10-20(24(17)21)32-14-22(28)27-19(25(30)31)12-16-6-8-18(26)9-7-16/h6-11,13,19H,3-5,12,14H2,1-2H3,(H,27,28)(H,30,31)/p-1/t19-/m1/s1. The summed E-state index contributed by atoms with van der Waals surface area (Å²) in [5.41, 5.74) is 2.22. The number of amides is 1. The van der Waals surface area contributed by atoms with Crippen molar-refractivity contribution < 1.29 is 23.8 Å². The van der Waals surface area contributed by atoms with Crippen LogP contribution in [0.25, 0.3) is 11.0 Å². The molecule has 7 nitrogen and oxygen atoms in total. The highest BCUT2D eigenvalue weighted by atomic mass is 35.5. The van der Waals surface area contributed by atoms with Crippen LogP contribution in [0.4, 0.5) is 0 Å². The first-order valence-electron chi connectivity index (χ1n) is 10.7. The first-order chi connectivity index (χ1) is 15.8. The van der Waals surface area contributed by atoms with Gasteiger partial charge >= 0.3 is 5.63 Å². The third-order valence-electron chi connectivity index (χ3n) is 5.17. The number of hydrogen-bond acceptors (Lipinski definition) is 6. The second-order valence-corrected chi connectivity index (χ2v) is 8.33. The predicted octanol–water partition coefficient (Wildman–Crippen LogP) is 2.95. The largest absolute Gasteiger partial charge is 0.548 e. The molecule has 0 saturated carbocycles. The zero-order valence-electron chi connectivity index (χ0n) is 18.5. The number of halogens is 1. The van der Waals surface area contributed by atoms with Crippen LogP contribution in [0.15, 0.2) is 51.7 Å². The first-order valence-corrected chi connectivity index (χ1v) is 11.1. The Morgan fingerprint density at radius 1 is 1.18 bits per heavy atom.